The van der Waals surface area contributed by atoms with Crippen LogP contribution < -0.4 is 0 Å². The molecule has 0 saturated carbocycles. The van der Waals surface area contributed by atoms with Crippen molar-refractivity contribution in [2.45, 2.75) is 64.6 Å². The van der Waals surface area contributed by atoms with E-state index in [1.165, 1.54) is 12.8 Å². The summed E-state index contributed by atoms with van der Waals surface area (Å²) in [4.78, 5) is 11.9. The van der Waals surface area contributed by atoms with E-state index in [2.05, 4.69) is 26.8 Å². The number of unbranched alkanes of at least 4 members (excludes halogenated alkanes) is 3. The molecule has 0 atom stereocenters. The molecule has 0 aliphatic rings. The van der Waals surface area contributed by atoms with Gasteiger partial charge in [0.25, 0.3) is 0 Å². The molecule has 0 heterocycles. The van der Waals surface area contributed by atoms with Crippen LogP contribution in [-0.4, -0.2) is 20.7 Å². The molecular weight excluding hydrogens is 251 g/mol. The van der Waals surface area contributed by atoms with Crippen molar-refractivity contribution in [2.24, 2.45) is 0 Å². The van der Waals surface area contributed by atoms with E-state index in [1.54, 1.807) is 0 Å². The van der Waals surface area contributed by atoms with Gasteiger partial charge in [0.05, 0.1) is 0 Å². The van der Waals surface area contributed by atoms with Crippen LogP contribution in [0.2, 0.25) is 5.32 Å². The van der Waals surface area contributed by atoms with Gasteiger partial charge in [0, 0.05) is 0 Å². The average Bonchev–Trinajstić information content (AvgIpc) is 2.24. The Kier molecular flexibility index (Phi) is 10.4. The van der Waals surface area contributed by atoms with Gasteiger partial charge in [0.15, 0.2) is 0 Å². The molecule has 0 aliphatic carbocycles. The van der Waals surface area contributed by atoms with Crippen molar-refractivity contribution in [2.75, 3.05) is 0 Å². The third-order valence-electron chi connectivity index (χ3n) is 2.20. The molecule has 0 saturated heterocycles. The molecule has 0 bridgehead atoms. The number of allylic oxidation sites excluding steroid dienone is 2. The molecule has 1 nitrogen and oxygen atoms in total. The number of hydrogen-bond acceptors (Lipinski definition) is 1. The number of rotatable bonds is 9. The molecule has 0 aromatic heterocycles. The van der Waals surface area contributed by atoms with Crippen molar-refractivity contribution in [1.82, 2.24) is 0 Å². The second-order valence-corrected chi connectivity index (χ2v) is 6.41. The Balaban J connectivity index is 4.04. The molecule has 0 rings (SSSR count). The summed E-state index contributed by atoms with van der Waals surface area (Å²) in [5.41, 5.74) is 0. The minimum atomic E-state index is 0.415. The minimum absolute atomic E-state index is 0.415. The Morgan fingerprint density at radius 3 is 2.40 bits per heavy atom. The SMILES string of the molecule is CCC/C=C(\[Se]CC)C(=O)CCCCC. The van der Waals surface area contributed by atoms with E-state index in [0.29, 0.717) is 20.7 Å². The summed E-state index contributed by atoms with van der Waals surface area (Å²) in [7, 11) is 0. The zero-order valence-corrected chi connectivity index (χ0v) is 12.1. The molecule has 0 aliphatic heterocycles. The fourth-order valence-electron chi connectivity index (χ4n) is 1.34. The van der Waals surface area contributed by atoms with Gasteiger partial charge in [-0.2, -0.15) is 0 Å². The Morgan fingerprint density at radius 2 is 1.87 bits per heavy atom. The third-order valence-corrected chi connectivity index (χ3v) is 4.29. The van der Waals surface area contributed by atoms with Crippen LogP contribution >= 0.6 is 0 Å². The normalized spacial score (nSPS) is 11.8. The monoisotopic (exact) mass is 276 g/mol. The van der Waals surface area contributed by atoms with Gasteiger partial charge in [-0.1, -0.05) is 0 Å². The average molecular weight is 275 g/mol. The van der Waals surface area contributed by atoms with Gasteiger partial charge in [0.2, 0.25) is 0 Å². The third kappa shape index (κ3) is 7.81. The van der Waals surface area contributed by atoms with Crippen LogP contribution in [0.3, 0.4) is 0 Å². The summed E-state index contributed by atoms with van der Waals surface area (Å²) >= 11 is 0.415. The van der Waals surface area contributed by atoms with Crippen LogP contribution in [0.25, 0.3) is 0 Å². The van der Waals surface area contributed by atoms with Gasteiger partial charge in [-0.25, -0.2) is 0 Å². The second kappa shape index (κ2) is 10.4. The van der Waals surface area contributed by atoms with E-state index < -0.39 is 0 Å². The fraction of sp³-hybridized carbons (Fsp3) is 0.769. The van der Waals surface area contributed by atoms with Crippen LogP contribution in [0.5, 0.6) is 0 Å². The predicted octanol–water partition coefficient (Wildman–Crippen LogP) is 3.96. The van der Waals surface area contributed by atoms with E-state index in [0.717, 1.165) is 35.5 Å². The predicted molar refractivity (Wildman–Crippen MR) is 68.4 cm³/mol. The quantitative estimate of drug-likeness (QED) is 0.353. The molecule has 0 amide bonds. The number of Topliss-reactive ketones (excluding diaryl/α,β-unsaturated/α-hetero) is 1. The molecule has 88 valence electrons. The summed E-state index contributed by atoms with van der Waals surface area (Å²) in [6, 6.07) is 0. The maximum absolute atomic E-state index is 11.9. The molecule has 2 heteroatoms. The van der Waals surface area contributed by atoms with Gasteiger partial charge in [-0.3, -0.25) is 0 Å². The Bertz CT molecular complexity index is 197. The second-order valence-electron chi connectivity index (χ2n) is 3.67. The summed E-state index contributed by atoms with van der Waals surface area (Å²) < 4.78 is 1.14. The molecule has 0 fully saturated rings. The van der Waals surface area contributed by atoms with Gasteiger partial charge in [0.1, 0.15) is 0 Å². The Labute approximate surface area is 101 Å². The van der Waals surface area contributed by atoms with Crippen LogP contribution in [0.4, 0.5) is 0 Å². The van der Waals surface area contributed by atoms with Crippen molar-refractivity contribution in [3.05, 3.63) is 10.5 Å². The molecular formula is C13H24OSe. The summed E-state index contributed by atoms with van der Waals surface area (Å²) in [5.74, 6) is 0.416. The number of carbonyl (C=O) groups excluding carboxylic acids is 1. The first kappa shape index (κ1) is 14.9. The summed E-state index contributed by atoms with van der Waals surface area (Å²) in [5, 5.41) is 1.14. The van der Waals surface area contributed by atoms with Gasteiger partial charge < -0.3 is 0 Å². The van der Waals surface area contributed by atoms with E-state index in [-0.39, 0.29) is 0 Å². The van der Waals surface area contributed by atoms with Crippen LogP contribution in [-0.2, 0) is 4.79 Å². The first-order chi connectivity index (χ1) is 7.26. The topological polar surface area (TPSA) is 17.1 Å². The first-order valence-electron chi connectivity index (χ1n) is 6.12. The molecule has 15 heavy (non-hydrogen) atoms. The standard InChI is InChI=1S/C13H24OSe/c1-4-7-9-10-12(14)13(15-6-3)11-8-5-2/h11H,4-10H2,1-3H3/b13-11-. The van der Waals surface area contributed by atoms with E-state index in [4.69, 9.17) is 0 Å². The molecule has 0 N–H and O–H groups in total. The van der Waals surface area contributed by atoms with Crippen LogP contribution in [0.15, 0.2) is 10.5 Å². The van der Waals surface area contributed by atoms with Crippen molar-refractivity contribution < 1.29 is 4.79 Å². The summed E-state index contributed by atoms with van der Waals surface area (Å²) in [6.07, 6.45) is 8.61. The number of ketones is 1. The molecule has 0 unspecified atom stereocenters. The fourth-order valence-corrected chi connectivity index (χ4v) is 3.04. The van der Waals surface area contributed by atoms with Crippen molar-refractivity contribution in [1.29, 1.82) is 0 Å². The van der Waals surface area contributed by atoms with Crippen molar-refractivity contribution in [3.8, 4) is 0 Å². The van der Waals surface area contributed by atoms with Crippen LogP contribution in [0.1, 0.15) is 59.3 Å². The zero-order valence-electron chi connectivity index (χ0n) is 10.3. The van der Waals surface area contributed by atoms with E-state index >= 15 is 0 Å². The van der Waals surface area contributed by atoms with Gasteiger partial charge in [-0.05, 0) is 0 Å². The summed E-state index contributed by atoms with van der Waals surface area (Å²) in [6.45, 7) is 6.50. The van der Waals surface area contributed by atoms with E-state index in [9.17, 15) is 4.79 Å². The molecule has 0 spiro atoms. The van der Waals surface area contributed by atoms with Gasteiger partial charge >= 0.3 is 101 Å². The van der Waals surface area contributed by atoms with Crippen molar-refractivity contribution >= 4 is 20.7 Å². The Hall–Kier alpha value is -0.0705. The molecule has 0 aromatic rings. The number of hydrogen-bond donors (Lipinski definition) is 0. The Morgan fingerprint density at radius 1 is 1.13 bits per heavy atom. The van der Waals surface area contributed by atoms with Crippen molar-refractivity contribution in [3.63, 3.8) is 0 Å². The van der Waals surface area contributed by atoms with Gasteiger partial charge in [-0.15, -0.1) is 0 Å². The zero-order chi connectivity index (χ0) is 11.5. The maximum atomic E-state index is 11.9. The molecule has 0 aromatic carbocycles. The molecule has 0 radical (unpaired) electrons. The van der Waals surface area contributed by atoms with E-state index in [1.807, 2.05) is 0 Å². The van der Waals surface area contributed by atoms with Crippen LogP contribution in [0, 0.1) is 0 Å². The first-order valence-corrected chi connectivity index (χ1v) is 8.19. The number of carbonyl (C=O) groups is 1.